The van der Waals surface area contributed by atoms with Gasteiger partial charge in [-0.3, -0.25) is 4.79 Å². The molecule has 2 aliphatic heterocycles. The first-order valence-corrected chi connectivity index (χ1v) is 18.5. The summed E-state index contributed by atoms with van der Waals surface area (Å²) in [5, 5.41) is 13.1. The van der Waals surface area contributed by atoms with E-state index in [1.165, 1.54) is 25.3 Å². The van der Waals surface area contributed by atoms with Crippen molar-refractivity contribution in [1.29, 1.82) is 0 Å². The first-order chi connectivity index (χ1) is 24.5. The van der Waals surface area contributed by atoms with Crippen molar-refractivity contribution in [1.82, 2.24) is 19.8 Å². The number of rotatable bonds is 16. The van der Waals surface area contributed by atoms with Crippen molar-refractivity contribution in [3.8, 4) is 23.0 Å². The quantitative estimate of drug-likeness (QED) is 0.182. The van der Waals surface area contributed by atoms with Crippen molar-refractivity contribution in [2.24, 2.45) is 5.92 Å². The normalized spacial score (nSPS) is 17.9. The van der Waals surface area contributed by atoms with E-state index in [1.807, 2.05) is 67.5 Å². The van der Waals surface area contributed by atoms with Gasteiger partial charge >= 0.3 is 6.09 Å². The number of sulfonamides is 1. The summed E-state index contributed by atoms with van der Waals surface area (Å²) >= 11 is 0. The second kappa shape index (κ2) is 16.8. The van der Waals surface area contributed by atoms with Gasteiger partial charge in [-0.1, -0.05) is 36.4 Å². The van der Waals surface area contributed by atoms with Crippen LogP contribution in [0.2, 0.25) is 0 Å². The fraction of sp³-hybridized carbons (Fsp3) is 0.459. The van der Waals surface area contributed by atoms with Gasteiger partial charge in [0.15, 0.2) is 11.5 Å². The molecular formula is C37H48N4O9S. The van der Waals surface area contributed by atoms with Crippen molar-refractivity contribution in [3.63, 3.8) is 0 Å². The second-order valence-corrected chi connectivity index (χ2v) is 15.0. The number of unbranched alkanes of at least 4 members (excludes halogenated alkanes) is 1. The van der Waals surface area contributed by atoms with E-state index in [9.17, 15) is 23.1 Å². The number of likely N-dealkylation sites (N-methyl/N-ethyl adjacent to an activating group) is 1. The molecule has 0 aliphatic carbocycles. The molecule has 0 spiro atoms. The number of piperidine rings is 1. The van der Waals surface area contributed by atoms with Gasteiger partial charge < -0.3 is 39.2 Å². The Labute approximate surface area is 299 Å². The summed E-state index contributed by atoms with van der Waals surface area (Å²) in [6.07, 6.45) is 1.22. The minimum absolute atomic E-state index is 0.0661. The highest BCUT2D eigenvalue weighted by atomic mass is 32.2. The van der Waals surface area contributed by atoms with E-state index >= 15 is 0 Å². The van der Waals surface area contributed by atoms with Crippen LogP contribution in [0.3, 0.4) is 0 Å². The Morgan fingerprint density at radius 3 is 2.27 bits per heavy atom. The molecule has 14 heteroatoms. The number of hydrogen-bond donors (Lipinski definition) is 3. The SMILES string of the molecule is COCCCCC1(CNC(=O)[C@H]2C[C@@H](NS(=O)(=O)c3ccc(OCCN(C)C)c(OC)c3)CN(C(=O)O)C2)c2ccccc2Oc2ccccc21. The fourth-order valence-electron chi connectivity index (χ4n) is 6.86. The van der Waals surface area contributed by atoms with Crippen LogP contribution in [0.4, 0.5) is 4.79 Å². The Hall–Kier alpha value is -4.37. The third kappa shape index (κ3) is 8.93. The Bertz CT molecular complexity index is 1740. The number of nitrogens with one attached hydrogen (secondary N) is 2. The minimum atomic E-state index is -4.13. The fourth-order valence-corrected chi connectivity index (χ4v) is 8.11. The highest BCUT2D eigenvalue weighted by Crippen LogP contribution is 2.50. The van der Waals surface area contributed by atoms with Gasteiger partial charge in [-0.2, -0.15) is 0 Å². The Kier molecular flexibility index (Phi) is 12.5. The number of fused-ring (bicyclic) bond motifs is 2. The molecule has 51 heavy (non-hydrogen) atoms. The standard InChI is InChI=1S/C37H48N4O9S/c1-40(2)18-20-49-33-16-15-28(22-34(33)48-4)51(45,46)39-27-21-26(23-41(24-27)36(43)44)35(42)38-25-37(17-9-10-19-47-3)29-11-5-7-13-31(29)50-32-14-8-6-12-30(32)37/h5-8,11-16,22,26-27,39H,9-10,17-21,23-25H2,1-4H3,(H,38,42)(H,43,44)/t26-,27+/m0/s1. The molecule has 3 aromatic carbocycles. The van der Waals surface area contributed by atoms with E-state index in [4.69, 9.17) is 18.9 Å². The first-order valence-electron chi connectivity index (χ1n) is 17.1. The maximum Gasteiger partial charge on any atom is 0.407 e. The largest absolute Gasteiger partial charge is 0.493 e. The molecule has 1 fully saturated rings. The Balaban J connectivity index is 1.35. The van der Waals surface area contributed by atoms with Crippen LogP contribution < -0.4 is 24.2 Å². The van der Waals surface area contributed by atoms with Gasteiger partial charge in [0.25, 0.3) is 0 Å². The predicted molar refractivity (Wildman–Crippen MR) is 191 cm³/mol. The monoisotopic (exact) mass is 724 g/mol. The zero-order valence-corrected chi connectivity index (χ0v) is 30.4. The van der Waals surface area contributed by atoms with Gasteiger partial charge in [0, 0.05) is 68.5 Å². The van der Waals surface area contributed by atoms with E-state index in [1.54, 1.807) is 7.11 Å². The molecule has 2 amide bonds. The molecule has 0 saturated carbocycles. The molecule has 3 aromatic rings. The van der Waals surface area contributed by atoms with E-state index in [0.717, 1.165) is 28.9 Å². The van der Waals surface area contributed by atoms with E-state index < -0.39 is 33.5 Å². The Morgan fingerprint density at radius 2 is 1.65 bits per heavy atom. The molecule has 0 bridgehead atoms. The molecule has 2 aliphatic rings. The van der Waals surface area contributed by atoms with Gasteiger partial charge in [-0.05, 0) is 64.0 Å². The Morgan fingerprint density at radius 1 is 0.961 bits per heavy atom. The highest BCUT2D eigenvalue weighted by molar-refractivity contribution is 7.89. The van der Waals surface area contributed by atoms with E-state index in [2.05, 4.69) is 10.0 Å². The molecular weight excluding hydrogens is 676 g/mol. The average Bonchev–Trinajstić information content (AvgIpc) is 3.11. The van der Waals surface area contributed by atoms with Crippen LogP contribution >= 0.6 is 0 Å². The van der Waals surface area contributed by atoms with Crippen LogP contribution in [0.1, 0.15) is 36.8 Å². The first kappa shape index (κ1) is 37.9. The van der Waals surface area contributed by atoms with E-state index in [0.29, 0.717) is 43.4 Å². The number of benzene rings is 3. The number of methoxy groups -OCH3 is 2. The second-order valence-electron chi connectivity index (χ2n) is 13.2. The lowest BCUT2D eigenvalue weighted by molar-refractivity contribution is -0.126. The number of carboxylic acid groups (broad SMARTS) is 1. The number of hydrogen-bond acceptors (Lipinski definition) is 9. The molecule has 1 saturated heterocycles. The molecule has 0 aromatic heterocycles. The summed E-state index contributed by atoms with van der Waals surface area (Å²) in [7, 11) is 2.80. The number of amides is 2. The number of carbonyl (C=O) groups is 2. The molecule has 13 nitrogen and oxygen atoms in total. The highest BCUT2D eigenvalue weighted by Gasteiger charge is 2.43. The van der Waals surface area contributed by atoms with Gasteiger partial charge in [0.05, 0.1) is 17.9 Å². The van der Waals surface area contributed by atoms with Gasteiger partial charge in [0.1, 0.15) is 18.1 Å². The molecule has 276 valence electrons. The van der Waals surface area contributed by atoms with Gasteiger partial charge in [0.2, 0.25) is 15.9 Å². The smallest absolute Gasteiger partial charge is 0.407 e. The summed E-state index contributed by atoms with van der Waals surface area (Å²) < 4.78 is 52.6. The van der Waals surface area contributed by atoms with Crippen molar-refractivity contribution in [2.45, 2.75) is 42.0 Å². The van der Waals surface area contributed by atoms with Crippen LogP contribution in [-0.4, -0.2) is 109 Å². The predicted octanol–water partition coefficient (Wildman–Crippen LogP) is 4.31. The number of likely N-dealkylation sites (tertiary alicyclic amines) is 1. The third-order valence-electron chi connectivity index (χ3n) is 9.45. The van der Waals surface area contributed by atoms with Crippen molar-refractivity contribution < 1.29 is 42.1 Å². The molecule has 0 radical (unpaired) electrons. The number of ether oxygens (including phenoxy) is 4. The number of para-hydroxylation sites is 2. The molecule has 5 rings (SSSR count). The van der Waals surface area contributed by atoms with Crippen molar-refractivity contribution in [3.05, 3.63) is 77.9 Å². The maximum atomic E-state index is 14.0. The van der Waals surface area contributed by atoms with Crippen LogP contribution in [-0.2, 0) is 25.0 Å². The number of nitrogens with zero attached hydrogens (tertiary/aromatic N) is 2. The minimum Gasteiger partial charge on any atom is -0.493 e. The summed E-state index contributed by atoms with van der Waals surface area (Å²) in [6, 6.07) is 19.0. The van der Waals surface area contributed by atoms with Gasteiger partial charge in [-0.15, -0.1) is 0 Å². The van der Waals surface area contributed by atoms with Crippen molar-refractivity contribution in [2.75, 3.05) is 67.7 Å². The zero-order chi connectivity index (χ0) is 36.6. The molecule has 2 heterocycles. The lowest BCUT2D eigenvalue weighted by atomic mass is 9.69. The average molecular weight is 725 g/mol. The molecule has 2 atom stereocenters. The van der Waals surface area contributed by atoms with E-state index in [-0.39, 0.29) is 42.6 Å². The van der Waals surface area contributed by atoms with Gasteiger partial charge in [-0.25, -0.2) is 17.9 Å². The molecule has 0 unspecified atom stereocenters. The summed E-state index contributed by atoms with van der Waals surface area (Å²) in [5.41, 5.74) is 1.28. The lowest BCUT2D eigenvalue weighted by Crippen LogP contribution is -2.56. The van der Waals surface area contributed by atoms with Crippen LogP contribution in [0.25, 0.3) is 0 Å². The summed E-state index contributed by atoms with van der Waals surface area (Å²) in [6.45, 7) is 1.71. The number of carbonyl (C=O) groups excluding carboxylic acids is 1. The summed E-state index contributed by atoms with van der Waals surface area (Å²) in [5.74, 6) is 0.912. The topological polar surface area (TPSA) is 156 Å². The maximum absolute atomic E-state index is 14.0. The lowest BCUT2D eigenvalue weighted by Gasteiger charge is -2.41. The zero-order valence-electron chi connectivity index (χ0n) is 29.6. The molecule has 3 N–H and O–H groups in total. The third-order valence-corrected chi connectivity index (χ3v) is 11.0. The van der Waals surface area contributed by atoms with Crippen LogP contribution in [0, 0.1) is 5.92 Å². The van der Waals surface area contributed by atoms with Crippen molar-refractivity contribution >= 4 is 22.0 Å². The van der Waals surface area contributed by atoms with Crippen LogP contribution in [0.15, 0.2) is 71.6 Å². The summed E-state index contributed by atoms with van der Waals surface area (Å²) in [4.78, 5) is 29.2. The van der Waals surface area contributed by atoms with Crippen LogP contribution in [0.5, 0.6) is 23.0 Å².